The Labute approximate surface area is 294 Å². The first-order valence-electron chi connectivity index (χ1n) is 16.8. The van der Waals surface area contributed by atoms with Gasteiger partial charge >= 0.3 is 0 Å². The number of hydrogen-bond donors (Lipinski definition) is 0. The third-order valence-electron chi connectivity index (χ3n) is 9.64. The van der Waals surface area contributed by atoms with Crippen molar-refractivity contribution in [3.05, 3.63) is 176 Å². The molecule has 50 heavy (non-hydrogen) atoms. The van der Waals surface area contributed by atoms with Gasteiger partial charge in [0.25, 0.3) is 0 Å². The molecule has 1 aliphatic rings. The molecule has 4 heteroatoms. The normalized spacial score (nSPS) is 12.0. The van der Waals surface area contributed by atoms with Gasteiger partial charge in [-0.3, -0.25) is 4.90 Å². The number of hydrogen-bond acceptors (Lipinski definition) is 4. The molecule has 0 saturated carbocycles. The fourth-order valence-corrected chi connectivity index (χ4v) is 8.55. The van der Waals surface area contributed by atoms with Crippen molar-refractivity contribution in [3.8, 4) is 55.3 Å². The summed E-state index contributed by atoms with van der Waals surface area (Å²) in [5.41, 5.74) is 11.1. The molecule has 234 valence electrons. The van der Waals surface area contributed by atoms with Gasteiger partial charge in [0, 0.05) is 48.8 Å². The molecule has 0 unspecified atom stereocenters. The van der Waals surface area contributed by atoms with Gasteiger partial charge in [0.05, 0.1) is 17.1 Å². The molecule has 0 N–H and O–H groups in total. The lowest BCUT2D eigenvalue weighted by atomic mass is 9.93. The fraction of sp³-hybridized carbons (Fsp3) is 0. The first-order valence-corrected chi connectivity index (χ1v) is 17.7. The number of fused-ring (bicyclic) bond motifs is 9. The van der Waals surface area contributed by atoms with E-state index in [4.69, 9.17) is 9.97 Å². The molecule has 0 amide bonds. The van der Waals surface area contributed by atoms with Gasteiger partial charge in [0.1, 0.15) is 5.82 Å². The van der Waals surface area contributed by atoms with E-state index in [1.54, 1.807) is 0 Å². The summed E-state index contributed by atoms with van der Waals surface area (Å²) < 4.78 is 1.29. The Morgan fingerprint density at radius 3 is 1.90 bits per heavy atom. The molecule has 1 aliphatic heterocycles. The highest BCUT2D eigenvalue weighted by Crippen LogP contribution is 2.57. The minimum Gasteiger partial charge on any atom is -0.294 e. The van der Waals surface area contributed by atoms with Crippen LogP contribution in [0.15, 0.2) is 176 Å². The fourth-order valence-electron chi connectivity index (χ4n) is 7.31. The quantitative estimate of drug-likeness (QED) is 0.189. The third kappa shape index (κ3) is 4.65. The lowest BCUT2D eigenvalue weighted by molar-refractivity contribution is 1.13. The van der Waals surface area contributed by atoms with Crippen molar-refractivity contribution < 1.29 is 0 Å². The monoisotopic (exact) mass is 655 g/mol. The molecule has 7 aromatic carbocycles. The standard InChI is InChI=1S/C46H29N3S/c1-3-13-30(14-4-1)31-23-25-33(26-24-31)38-29-42(48-46(47-38)34-16-5-2-6-17-34)49-39-21-11-9-19-36(39)45-44(37-20-10-12-22-41(37)50-45)43-35-18-8-7-15-32(35)27-28-40(43)49/h1-29H. The minimum atomic E-state index is 0.689. The summed E-state index contributed by atoms with van der Waals surface area (Å²) in [5.74, 6) is 1.51. The van der Waals surface area contributed by atoms with Gasteiger partial charge in [0.2, 0.25) is 0 Å². The van der Waals surface area contributed by atoms with E-state index in [1.807, 2.05) is 29.5 Å². The van der Waals surface area contributed by atoms with Gasteiger partial charge in [-0.2, -0.15) is 0 Å². The highest BCUT2D eigenvalue weighted by Gasteiger charge is 2.31. The van der Waals surface area contributed by atoms with E-state index in [0.29, 0.717) is 5.82 Å². The van der Waals surface area contributed by atoms with Crippen LogP contribution in [-0.2, 0) is 0 Å². The van der Waals surface area contributed by atoms with Gasteiger partial charge < -0.3 is 0 Å². The maximum Gasteiger partial charge on any atom is 0.162 e. The average Bonchev–Trinajstić information content (AvgIpc) is 3.52. The van der Waals surface area contributed by atoms with Gasteiger partial charge in [-0.05, 0) is 40.1 Å². The van der Waals surface area contributed by atoms with Crippen molar-refractivity contribution in [2.24, 2.45) is 0 Å². The zero-order chi connectivity index (χ0) is 33.0. The molecule has 0 bridgehead atoms. The average molecular weight is 656 g/mol. The summed E-state index contributed by atoms with van der Waals surface area (Å²) in [6, 6.07) is 62.5. The molecule has 3 heterocycles. The summed E-state index contributed by atoms with van der Waals surface area (Å²) in [4.78, 5) is 14.2. The molecule has 3 nitrogen and oxygen atoms in total. The second kappa shape index (κ2) is 11.7. The van der Waals surface area contributed by atoms with Crippen LogP contribution in [0, 0.1) is 0 Å². The predicted molar refractivity (Wildman–Crippen MR) is 210 cm³/mol. The smallest absolute Gasteiger partial charge is 0.162 e. The molecule has 0 aliphatic carbocycles. The SMILES string of the molecule is c1ccc(-c2ccc(-c3cc(N4c5ccccc5-c5sc6ccccc6c5-c5c4ccc4ccccc54)nc(-c4ccccc4)n3)cc2)cc1. The van der Waals surface area contributed by atoms with E-state index in [1.165, 1.54) is 53.6 Å². The van der Waals surface area contributed by atoms with E-state index in [0.717, 1.165) is 34.0 Å². The Bertz CT molecular complexity index is 2700. The molecule has 0 spiro atoms. The number of anilines is 3. The maximum absolute atomic E-state index is 5.37. The summed E-state index contributed by atoms with van der Waals surface area (Å²) >= 11 is 1.87. The van der Waals surface area contributed by atoms with Crippen LogP contribution in [0.3, 0.4) is 0 Å². The topological polar surface area (TPSA) is 29.0 Å². The van der Waals surface area contributed by atoms with Crippen LogP contribution in [-0.4, -0.2) is 9.97 Å². The lowest BCUT2D eigenvalue weighted by Crippen LogP contribution is -2.14. The molecule has 9 aromatic rings. The highest BCUT2D eigenvalue weighted by atomic mass is 32.1. The Hall–Kier alpha value is -6.36. The molecule has 10 rings (SSSR count). The lowest BCUT2D eigenvalue weighted by Gasteiger charge is -2.27. The van der Waals surface area contributed by atoms with Crippen LogP contribution in [0.4, 0.5) is 17.2 Å². The number of benzene rings is 7. The van der Waals surface area contributed by atoms with Crippen LogP contribution >= 0.6 is 11.3 Å². The second-order valence-corrected chi connectivity index (χ2v) is 13.6. The van der Waals surface area contributed by atoms with Gasteiger partial charge in [-0.1, -0.05) is 152 Å². The molecule has 0 atom stereocenters. The zero-order valence-corrected chi connectivity index (χ0v) is 27.8. The molecular weight excluding hydrogens is 627 g/mol. The van der Waals surface area contributed by atoms with Crippen molar-refractivity contribution in [2.75, 3.05) is 4.90 Å². The maximum atomic E-state index is 5.37. The number of para-hydroxylation sites is 1. The van der Waals surface area contributed by atoms with Gasteiger partial charge in [-0.25, -0.2) is 9.97 Å². The Balaban J connectivity index is 1.26. The Kier molecular flexibility index (Phi) is 6.68. The van der Waals surface area contributed by atoms with E-state index in [-0.39, 0.29) is 0 Å². The van der Waals surface area contributed by atoms with Gasteiger partial charge in [-0.15, -0.1) is 11.3 Å². The Morgan fingerprint density at radius 2 is 1.08 bits per heavy atom. The molecule has 0 radical (unpaired) electrons. The van der Waals surface area contributed by atoms with Crippen LogP contribution in [0.25, 0.3) is 76.2 Å². The summed E-state index contributed by atoms with van der Waals surface area (Å²) in [6.07, 6.45) is 0. The van der Waals surface area contributed by atoms with E-state index in [2.05, 4.69) is 163 Å². The van der Waals surface area contributed by atoms with Crippen LogP contribution < -0.4 is 4.90 Å². The summed E-state index contributed by atoms with van der Waals surface area (Å²) in [7, 11) is 0. The number of nitrogens with zero attached hydrogens (tertiary/aromatic N) is 3. The number of aromatic nitrogens is 2. The summed E-state index contributed by atoms with van der Waals surface area (Å²) in [6.45, 7) is 0. The van der Waals surface area contributed by atoms with Crippen molar-refractivity contribution in [1.82, 2.24) is 9.97 Å². The van der Waals surface area contributed by atoms with Crippen LogP contribution in [0.5, 0.6) is 0 Å². The first kappa shape index (κ1) is 28.6. The molecular formula is C46H29N3S. The molecule has 2 aromatic heterocycles. The van der Waals surface area contributed by atoms with E-state index in [9.17, 15) is 0 Å². The highest BCUT2D eigenvalue weighted by molar-refractivity contribution is 7.23. The second-order valence-electron chi connectivity index (χ2n) is 12.6. The first-order chi connectivity index (χ1) is 24.8. The zero-order valence-electron chi connectivity index (χ0n) is 27.0. The van der Waals surface area contributed by atoms with Crippen molar-refractivity contribution in [3.63, 3.8) is 0 Å². The van der Waals surface area contributed by atoms with Crippen LogP contribution in [0.2, 0.25) is 0 Å². The van der Waals surface area contributed by atoms with Gasteiger partial charge in [0.15, 0.2) is 5.82 Å². The largest absolute Gasteiger partial charge is 0.294 e. The van der Waals surface area contributed by atoms with E-state index < -0.39 is 0 Å². The Morgan fingerprint density at radius 1 is 0.440 bits per heavy atom. The number of rotatable bonds is 4. The summed E-state index contributed by atoms with van der Waals surface area (Å²) in [5, 5.41) is 3.71. The number of thiophene rings is 1. The van der Waals surface area contributed by atoms with Crippen LogP contribution in [0.1, 0.15) is 0 Å². The molecule has 0 fully saturated rings. The predicted octanol–water partition coefficient (Wildman–Crippen LogP) is 13.0. The third-order valence-corrected chi connectivity index (χ3v) is 10.8. The molecule has 0 saturated heterocycles. The van der Waals surface area contributed by atoms with Crippen molar-refractivity contribution in [1.29, 1.82) is 0 Å². The van der Waals surface area contributed by atoms with Crippen molar-refractivity contribution >= 4 is 49.4 Å². The van der Waals surface area contributed by atoms with E-state index >= 15 is 0 Å². The minimum absolute atomic E-state index is 0.689. The van der Waals surface area contributed by atoms with Crippen molar-refractivity contribution in [2.45, 2.75) is 0 Å².